The number of ether oxygens (including phenoxy) is 3. The van der Waals surface area contributed by atoms with Gasteiger partial charge < -0.3 is 24.4 Å². The van der Waals surface area contributed by atoms with E-state index in [1.165, 1.54) is 4.90 Å². The van der Waals surface area contributed by atoms with Gasteiger partial charge in [0.15, 0.2) is 6.61 Å². The third-order valence-electron chi connectivity index (χ3n) is 5.40. The molecule has 35 heavy (non-hydrogen) atoms. The molecular weight excluding hydrogens is 452 g/mol. The predicted molar refractivity (Wildman–Crippen MR) is 129 cm³/mol. The third-order valence-corrected chi connectivity index (χ3v) is 5.40. The molecule has 9 heteroatoms. The molecule has 1 heterocycles. The van der Waals surface area contributed by atoms with Crippen LogP contribution in [-0.2, 0) is 23.9 Å². The van der Waals surface area contributed by atoms with Crippen LogP contribution in [0.15, 0.2) is 48.5 Å². The van der Waals surface area contributed by atoms with Crippen LogP contribution in [0.1, 0.15) is 43.5 Å². The zero-order valence-electron chi connectivity index (χ0n) is 20.0. The number of hydrogen-bond acceptors (Lipinski definition) is 7. The lowest BCUT2D eigenvalue weighted by molar-refractivity contribution is -0.151. The van der Waals surface area contributed by atoms with E-state index in [9.17, 15) is 19.2 Å². The van der Waals surface area contributed by atoms with Gasteiger partial charge in [-0.25, -0.2) is 4.79 Å². The molecule has 0 bridgehead atoms. The first-order chi connectivity index (χ1) is 16.9. The van der Waals surface area contributed by atoms with Crippen molar-refractivity contribution in [1.29, 1.82) is 0 Å². The topological polar surface area (TPSA) is 111 Å². The minimum absolute atomic E-state index is 0.0173. The molecule has 1 aliphatic rings. The molecule has 3 rings (SSSR count). The first kappa shape index (κ1) is 25.7. The van der Waals surface area contributed by atoms with Crippen molar-refractivity contribution in [3.8, 4) is 5.75 Å². The summed E-state index contributed by atoms with van der Waals surface area (Å²) in [5, 5.41) is 2.61. The highest BCUT2D eigenvalue weighted by molar-refractivity contribution is 6.00. The number of hydrogen-bond donors (Lipinski definition) is 1. The summed E-state index contributed by atoms with van der Waals surface area (Å²) in [6.45, 7) is 4.51. The van der Waals surface area contributed by atoms with Gasteiger partial charge in [-0.1, -0.05) is 13.3 Å². The van der Waals surface area contributed by atoms with Crippen LogP contribution in [0.5, 0.6) is 5.75 Å². The zero-order chi connectivity index (χ0) is 25.2. The van der Waals surface area contributed by atoms with E-state index in [1.54, 1.807) is 48.5 Å². The van der Waals surface area contributed by atoms with Crippen molar-refractivity contribution in [2.45, 2.75) is 33.1 Å². The average molecular weight is 483 g/mol. The van der Waals surface area contributed by atoms with Crippen LogP contribution in [-0.4, -0.2) is 50.1 Å². The smallest absolute Gasteiger partial charge is 0.338 e. The lowest BCUT2D eigenvalue weighted by Crippen LogP contribution is -2.28. The third kappa shape index (κ3) is 7.30. The fraction of sp³-hybridized carbons (Fsp3) is 0.385. The lowest BCUT2D eigenvalue weighted by Gasteiger charge is -2.17. The van der Waals surface area contributed by atoms with Crippen LogP contribution in [0.4, 0.5) is 11.4 Å². The molecule has 1 saturated heterocycles. The molecule has 1 aliphatic heterocycles. The van der Waals surface area contributed by atoms with Gasteiger partial charge in [-0.2, -0.15) is 0 Å². The fourth-order valence-electron chi connectivity index (χ4n) is 3.54. The van der Waals surface area contributed by atoms with Gasteiger partial charge in [0.25, 0.3) is 5.91 Å². The summed E-state index contributed by atoms with van der Waals surface area (Å²) in [5.41, 5.74) is 1.51. The Hall–Kier alpha value is -3.88. The lowest BCUT2D eigenvalue weighted by atomic mass is 10.1. The molecule has 0 spiro atoms. The summed E-state index contributed by atoms with van der Waals surface area (Å²) in [6, 6.07) is 13.3. The Balaban J connectivity index is 1.45. The van der Waals surface area contributed by atoms with Gasteiger partial charge in [-0.3, -0.25) is 14.4 Å². The van der Waals surface area contributed by atoms with Gasteiger partial charge in [0, 0.05) is 24.3 Å². The summed E-state index contributed by atoms with van der Waals surface area (Å²) in [4.78, 5) is 50.5. The predicted octanol–water partition coefficient (Wildman–Crippen LogP) is 3.58. The fourth-order valence-corrected chi connectivity index (χ4v) is 3.54. The maximum atomic E-state index is 12.4. The van der Waals surface area contributed by atoms with Crippen LogP contribution in [0.3, 0.4) is 0 Å². The van der Waals surface area contributed by atoms with E-state index in [1.807, 2.05) is 13.8 Å². The number of unbranched alkanes of at least 4 members (excludes halogenated alkanes) is 1. The molecule has 2 amide bonds. The van der Waals surface area contributed by atoms with E-state index in [2.05, 4.69) is 5.32 Å². The monoisotopic (exact) mass is 482 g/mol. The van der Waals surface area contributed by atoms with E-state index < -0.39 is 30.4 Å². The molecule has 2 aromatic rings. The number of nitrogens with one attached hydrogen (secondary N) is 1. The van der Waals surface area contributed by atoms with E-state index in [4.69, 9.17) is 14.2 Å². The highest BCUT2D eigenvalue weighted by atomic mass is 16.5. The van der Waals surface area contributed by atoms with Crippen molar-refractivity contribution in [2.24, 2.45) is 5.92 Å². The SMILES string of the molecule is CCCCOC(=O)c1ccc(NC(=O)COC(=O)[C@@H]2CC(=O)N(c3ccc(OCC)cc3)C2)cc1. The second kappa shape index (κ2) is 12.5. The molecule has 0 aliphatic carbocycles. The Kier molecular flexibility index (Phi) is 9.23. The summed E-state index contributed by atoms with van der Waals surface area (Å²) in [7, 11) is 0. The Morgan fingerprint density at radius 3 is 2.37 bits per heavy atom. The summed E-state index contributed by atoms with van der Waals surface area (Å²) in [6.07, 6.45) is 1.75. The normalized spacial score (nSPS) is 15.0. The second-order valence-corrected chi connectivity index (χ2v) is 8.06. The number of amides is 2. The van der Waals surface area contributed by atoms with Crippen molar-refractivity contribution < 1.29 is 33.4 Å². The van der Waals surface area contributed by atoms with Crippen LogP contribution in [0, 0.1) is 5.92 Å². The number of esters is 2. The molecular formula is C26H30N2O7. The zero-order valence-corrected chi connectivity index (χ0v) is 20.0. The van der Waals surface area contributed by atoms with Gasteiger partial charge in [0.05, 0.1) is 24.7 Å². The van der Waals surface area contributed by atoms with Gasteiger partial charge >= 0.3 is 11.9 Å². The Labute approximate surface area is 204 Å². The highest BCUT2D eigenvalue weighted by Crippen LogP contribution is 2.27. The van der Waals surface area contributed by atoms with Crippen LogP contribution in [0.25, 0.3) is 0 Å². The first-order valence-corrected chi connectivity index (χ1v) is 11.7. The molecule has 1 N–H and O–H groups in total. The number of carbonyl (C=O) groups is 4. The Morgan fingerprint density at radius 2 is 1.71 bits per heavy atom. The average Bonchev–Trinajstić information content (AvgIpc) is 3.25. The van der Waals surface area contributed by atoms with Crippen LogP contribution < -0.4 is 15.0 Å². The van der Waals surface area contributed by atoms with Gasteiger partial charge in [0.1, 0.15) is 5.75 Å². The highest BCUT2D eigenvalue weighted by Gasteiger charge is 2.36. The van der Waals surface area contributed by atoms with Gasteiger partial charge in [0.2, 0.25) is 5.91 Å². The maximum absolute atomic E-state index is 12.4. The molecule has 0 unspecified atom stereocenters. The Morgan fingerprint density at radius 1 is 1.00 bits per heavy atom. The largest absolute Gasteiger partial charge is 0.494 e. The summed E-state index contributed by atoms with van der Waals surface area (Å²) >= 11 is 0. The molecule has 0 saturated carbocycles. The molecule has 1 atom stereocenters. The van der Waals surface area contributed by atoms with E-state index in [0.29, 0.717) is 35.9 Å². The number of nitrogens with zero attached hydrogens (tertiary/aromatic N) is 1. The quantitative estimate of drug-likeness (QED) is 0.385. The number of anilines is 2. The van der Waals surface area contributed by atoms with Crippen molar-refractivity contribution in [1.82, 2.24) is 0 Å². The van der Waals surface area contributed by atoms with Crippen molar-refractivity contribution in [2.75, 3.05) is 36.6 Å². The number of carbonyl (C=O) groups excluding carboxylic acids is 4. The minimum Gasteiger partial charge on any atom is -0.494 e. The van der Waals surface area contributed by atoms with Crippen molar-refractivity contribution in [3.63, 3.8) is 0 Å². The number of benzene rings is 2. The van der Waals surface area contributed by atoms with Crippen LogP contribution >= 0.6 is 0 Å². The summed E-state index contributed by atoms with van der Waals surface area (Å²) in [5.74, 6) is -1.69. The van der Waals surface area contributed by atoms with E-state index >= 15 is 0 Å². The maximum Gasteiger partial charge on any atom is 0.338 e. The molecule has 0 aromatic heterocycles. The van der Waals surface area contributed by atoms with Crippen molar-refractivity contribution >= 4 is 35.1 Å². The number of rotatable bonds is 11. The first-order valence-electron chi connectivity index (χ1n) is 11.7. The molecule has 1 fully saturated rings. The Bertz CT molecular complexity index is 1030. The molecule has 0 radical (unpaired) electrons. The van der Waals surface area contributed by atoms with E-state index in [0.717, 1.165) is 12.8 Å². The molecule has 2 aromatic carbocycles. The minimum atomic E-state index is -0.653. The second-order valence-electron chi connectivity index (χ2n) is 8.06. The van der Waals surface area contributed by atoms with Crippen molar-refractivity contribution in [3.05, 3.63) is 54.1 Å². The van der Waals surface area contributed by atoms with Crippen LogP contribution in [0.2, 0.25) is 0 Å². The summed E-state index contributed by atoms with van der Waals surface area (Å²) < 4.78 is 15.7. The van der Waals surface area contributed by atoms with Gasteiger partial charge in [-0.15, -0.1) is 0 Å². The standard InChI is InChI=1S/C26H30N2O7/c1-3-5-14-34-25(31)18-6-8-20(9-7-18)27-23(29)17-35-26(32)19-15-24(30)28(16-19)21-10-12-22(13-11-21)33-4-2/h6-13,19H,3-5,14-17H2,1-2H3,(H,27,29)/t19-/m1/s1. The van der Waals surface area contributed by atoms with E-state index in [-0.39, 0.29) is 18.9 Å². The molecule has 186 valence electrons. The molecule has 9 nitrogen and oxygen atoms in total. The van der Waals surface area contributed by atoms with Gasteiger partial charge in [-0.05, 0) is 61.9 Å².